The Bertz CT molecular complexity index is 598. The zero-order valence-electron chi connectivity index (χ0n) is 18.2. The van der Waals surface area contributed by atoms with Gasteiger partial charge in [0.2, 0.25) is 0 Å². The number of aliphatic imine (C=N–C) groups is 1. The van der Waals surface area contributed by atoms with Crippen molar-refractivity contribution in [1.82, 2.24) is 20.4 Å². The summed E-state index contributed by atoms with van der Waals surface area (Å²) in [6.07, 6.45) is 2.62. The maximum atomic E-state index is 5.50. The molecule has 0 spiro atoms. The monoisotopic (exact) mass is 535 g/mol. The highest BCUT2D eigenvalue weighted by Gasteiger charge is 2.28. The van der Waals surface area contributed by atoms with Crippen molar-refractivity contribution in [3.05, 3.63) is 22.4 Å². The maximum Gasteiger partial charge on any atom is 0.191 e. The van der Waals surface area contributed by atoms with Gasteiger partial charge in [-0.2, -0.15) is 0 Å². The van der Waals surface area contributed by atoms with Crippen molar-refractivity contribution in [3.8, 4) is 0 Å². The zero-order valence-corrected chi connectivity index (χ0v) is 21.3. The number of likely N-dealkylation sites (tertiary alicyclic amines) is 1. The highest BCUT2D eigenvalue weighted by atomic mass is 127. The molecule has 2 aliphatic rings. The molecule has 6 nitrogen and oxygen atoms in total. The van der Waals surface area contributed by atoms with Crippen molar-refractivity contribution in [3.63, 3.8) is 0 Å². The third kappa shape index (κ3) is 7.34. The predicted octanol–water partition coefficient (Wildman–Crippen LogP) is 3.17. The van der Waals surface area contributed by atoms with E-state index in [1.54, 1.807) is 0 Å². The van der Waals surface area contributed by atoms with Gasteiger partial charge in [0.05, 0.1) is 25.8 Å². The van der Waals surface area contributed by atoms with E-state index in [2.05, 4.69) is 58.7 Å². The van der Waals surface area contributed by atoms with Crippen molar-refractivity contribution in [2.75, 3.05) is 59.0 Å². The fourth-order valence-corrected chi connectivity index (χ4v) is 4.88. The molecule has 0 amide bonds. The summed E-state index contributed by atoms with van der Waals surface area (Å²) in [6, 6.07) is 4.85. The number of thiophene rings is 1. The normalized spacial score (nSPS) is 20.3. The number of nitrogens with one attached hydrogen (secondary N) is 2. The zero-order chi connectivity index (χ0) is 19.8. The Morgan fingerprint density at radius 2 is 1.93 bits per heavy atom. The molecule has 29 heavy (non-hydrogen) atoms. The minimum atomic E-state index is 0. The average molecular weight is 536 g/mol. The van der Waals surface area contributed by atoms with Crippen molar-refractivity contribution < 1.29 is 4.74 Å². The van der Waals surface area contributed by atoms with E-state index in [9.17, 15) is 0 Å². The summed E-state index contributed by atoms with van der Waals surface area (Å²) in [5.74, 6) is 0.921. The van der Waals surface area contributed by atoms with Crippen LogP contribution in [0.15, 0.2) is 22.5 Å². The Balaban J connectivity index is 0.00000300. The second kappa shape index (κ2) is 12.4. The first-order valence-corrected chi connectivity index (χ1v) is 11.6. The lowest BCUT2D eigenvalue weighted by Crippen LogP contribution is -2.52. The van der Waals surface area contributed by atoms with Crippen LogP contribution in [0.1, 0.15) is 44.5 Å². The van der Waals surface area contributed by atoms with E-state index in [-0.39, 0.29) is 29.5 Å². The molecule has 0 aromatic carbocycles. The molecule has 2 aliphatic heterocycles. The second-order valence-electron chi connectivity index (χ2n) is 8.26. The van der Waals surface area contributed by atoms with Crippen LogP contribution >= 0.6 is 35.3 Å². The summed E-state index contributed by atoms with van der Waals surface area (Å²) in [7, 11) is 0. The smallest absolute Gasteiger partial charge is 0.191 e. The number of hydrogen-bond donors (Lipinski definition) is 2. The van der Waals surface area contributed by atoms with E-state index in [0.717, 1.165) is 51.9 Å². The summed E-state index contributed by atoms with van der Waals surface area (Å²) >= 11 is 1.86. The summed E-state index contributed by atoms with van der Waals surface area (Å²) in [5, 5.41) is 9.24. The molecule has 0 bridgehead atoms. The summed E-state index contributed by atoms with van der Waals surface area (Å²) in [6.45, 7) is 15.2. The highest BCUT2D eigenvalue weighted by Crippen LogP contribution is 2.27. The Labute approximate surface area is 197 Å². The minimum Gasteiger partial charge on any atom is -0.379 e. The van der Waals surface area contributed by atoms with Crippen molar-refractivity contribution in [2.45, 2.75) is 45.2 Å². The number of guanidine groups is 1. The third-order valence-corrected chi connectivity index (χ3v) is 6.72. The lowest BCUT2D eigenvalue weighted by atomic mass is 10.0. The van der Waals surface area contributed by atoms with Crippen LogP contribution < -0.4 is 10.6 Å². The molecule has 1 aromatic heterocycles. The number of ether oxygens (including phenoxy) is 1. The van der Waals surface area contributed by atoms with Crippen molar-refractivity contribution in [1.29, 1.82) is 0 Å². The molecule has 166 valence electrons. The largest absolute Gasteiger partial charge is 0.379 e. The predicted molar refractivity (Wildman–Crippen MR) is 134 cm³/mol. The van der Waals surface area contributed by atoms with Crippen LogP contribution in [0.5, 0.6) is 0 Å². The Kier molecular flexibility index (Phi) is 10.7. The molecule has 0 saturated carbocycles. The van der Waals surface area contributed by atoms with Gasteiger partial charge in [-0.1, -0.05) is 6.07 Å². The van der Waals surface area contributed by atoms with Crippen LogP contribution in [0.2, 0.25) is 0 Å². The summed E-state index contributed by atoms with van der Waals surface area (Å²) in [4.78, 5) is 11.5. The first kappa shape index (κ1) is 24.8. The maximum absolute atomic E-state index is 5.50. The molecule has 3 rings (SSSR count). The lowest BCUT2D eigenvalue weighted by molar-refractivity contribution is -0.00684. The van der Waals surface area contributed by atoms with E-state index in [1.165, 1.54) is 30.8 Å². The summed E-state index contributed by atoms with van der Waals surface area (Å²) < 4.78 is 5.50. The van der Waals surface area contributed by atoms with E-state index in [4.69, 9.17) is 9.73 Å². The van der Waals surface area contributed by atoms with Gasteiger partial charge in [0.1, 0.15) is 0 Å². The highest BCUT2D eigenvalue weighted by molar-refractivity contribution is 14.0. The van der Waals surface area contributed by atoms with Gasteiger partial charge in [-0.25, -0.2) is 0 Å². The van der Waals surface area contributed by atoms with Crippen LogP contribution in [0.3, 0.4) is 0 Å². The quantitative estimate of drug-likeness (QED) is 0.305. The van der Waals surface area contributed by atoms with Gasteiger partial charge in [-0.3, -0.25) is 14.8 Å². The van der Waals surface area contributed by atoms with Crippen LogP contribution in [-0.4, -0.2) is 80.3 Å². The second-order valence-corrected chi connectivity index (χ2v) is 9.24. The first-order valence-electron chi connectivity index (χ1n) is 10.7. The minimum absolute atomic E-state index is 0. The van der Waals surface area contributed by atoms with Crippen LogP contribution in [0.4, 0.5) is 0 Å². The number of halogens is 1. The van der Waals surface area contributed by atoms with E-state index < -0.39 is 0 Å². The molecule has 3 heterocycles. The molecular weight excluding hydrogens is 497 g/mol. The van der Waals surface area contributed by atoms with Gasteiger partial charge in [0.15, 0.2) is 5.96 Å². The van der Waals surface area contributed by atoms with Gasteiger partial charge in [-0.05, 0) is 58.1 Å². The van der Waals surface area contributed by atoms with Gasteiger partial charge in [-0.15, -0.1) is 35.3 Å². The molecular formula is C21H38IN5OS. The molecule has 0 aliphatic carbocycles. The number of rotatable bonds is 8. The van der Waals surface area contributed by atoms with Crippen LogP contribution in [0.25, 0.3) is 0 Å². The Morgan fingerprint density at radius 1 is 1.21 bits per heavy atom. The lowest BCUT2D eigenvalue weighted by Gasteiger charge is -2.40. The van der Waals surface area contributed by atoms with Crippen LogP contribution in [0, 0.1) is 0 Å². The molecule has 1 aromatic rings. The molecule has 8 heteroatoms. The molecule has 2 fully saturated rings. The fraction of sp³-hybridized carbons (Fsp3) is 0.762. The topological polar surface area (TPSA) is 52.1 Å². The van der Waals surface area contributed by atoms with Crippen LogP contribution in [-0.2, 0) is 4.74 Å². The molecule has 2 saturated heterocycles. The van der Waals surface area contributed by atoms with E-state index >= 15 is 0 Å². The molecule has 2 N–H and O–H groups in total. The Hall–Kier alpha value is -0.420. The van der Waals surface area contributed by atoms with Gasteiger partial charge < -0.3 is 15.4 Å². The van der Waals surface area contributed by atoms with Gasteiger partial charge >= 0.3 is 0 Å². The van der Waals surface area contributed by atoms with E-state index in [0.29, 0.717) is 6.04 Å². The SMILES string of the molecule is CCNC(=NCC(C)(C)N1CCOCC1)NCC(c1cccs1)N1CCCC1.I. The number of morpholine rings is 1. The molecule has 1 atom stereocenters. The average Bonchev–Trinajstić information content (AvgIpc) is 3.42. The summed E-state index contributed by atoms with van der Waals surface area (Å²) in [5.41, 5.74) is 0.0359. The number of nitrogens with zero attached hydrogens (tertiary/aromatic N) is 3. The molecule has 1 unspecified atom stereocenters. The first-order chi connectivity index (χ1) is 13.6. The van der Waals surface area contributed by atoms with E-state index in [1.807, 2.05) is 11.3 Å². The standard InChI is InChI=1S/C21H37N5OS.HI/c1-4-22-20(24-17-21(2,3)26-11-13-27-14-12-26)23-16-18(19-8-7-15-28-19)25-9-5-6-10-25;/h7-8,15,18H,4-6,9-14,16-17H2,1-3H3,(H2,22,23,24);1H. The van der Waals surface area contributed by atoms with Gasteiger partial charge in [0.25, 0.3) is 0 Å². The van der Waals surface area contributed by atoms with Gasteiger partial charge in [0, 0.05) is 36.6 Å². The van der Waals surface area contributed by atoms with Crippen molar-refractivity contribution in [2.24, 2.45) is 4.99 Å². The van der Waals surface area contributed by atoms with Crippen molar-refractivity contribution >= 4 is 41.3 Å². The third-order valence-electron chi connectivity index (χ3n) is 5.75. The fourth-order valence-electron chi connectivity index (χ4n) is 4.02. The number of hydrogen-bond acceptors (Lipinski definition) is 5. The molecule has 0 radical (unpaired) electrons. The Morgan fingerprint density at radius 3 is 2.55 bits per heavy atom.